The zero-order chi connectivity index (χ0) is 23.6. The second-order valence-electron chi connectivity index (χ2n) is 7.37. The van der Waals surface area contributed by atoms with E-state index in [1.54, 1.807) is 0 Å². The molecule has 5 atom stereocenters. The van der Waals surface area contributed by atoms with Crippen LogP contribution in [0.25, 0.3) is 0 Å². The average molecular weight is 455 g/mol. The number of aliphatic hydroxyl groups excluding tert-OH is 7. The highest BCUT2D eigenvalue weighted by Gasteiger charge is 2.35. The quantitative estimate of drug-likeness (QED) is 0.0698. The monoisotopic (exact) mass is 454 g/mol. The van der Waals surface area contributed by atoms with E-state index in [4.69, 9.17) is 14.9 Å². The van der Waals surface area contributed by atoms with Crippen molar-refractivity contribution < 1.29 is 54.8 Å². The fourth-order valence-electron chi connectivity index (χ4n) is 2.69. The van der Waals surface area contributed by atoms with E-state index >= 15 is 0 Å². The van der Waals surface area contributed by atoms with Crippen molar-refractivity contribution >= 4 is 11.9 Å². The molecule has 11 heteroatoms. The Hall–Kier alpha value is -1.34. The lowest BCUT2D eigenvalue weighted by molar-refractivity contribution is -0.213. The molecule has 0 fully saturated rings. The molecule has 0 radical (unpaired) electrons. The Morgan fingerprint density at radius 3 is 1.77 bits per heavy atom. The minimum absolute atomic E-state index is 0.124. The van der Waals surface area contributed by atoms with E-state index in [2.05, 4.69) is 4.74 Å². The average Bonchev–Trinajstić information content (AvgIpc) is 2.76. The summed E-state index contributed by atoms with van der Waals surface area (Å²) in [6.07, 6.45) is -3.80. The Kier molecular flexibility index (Phi) is 17.5. The van der Waals surface area contributed by atoms with Crippen LogP contribution < -0.4 is 0 Å². The van der Waals surface area contributed by atoms with Gasteiger partial charge in [-0.1, -0.05) is 25.7 Å². The standard InChI is InChI=1S/C20H38O11/c21-11-7-3-1-2-4-8-12-30-15(24)9-5-6-10-16(25)31-20(29)19(28)18(27)17(26)14(23)13-22/h14,17-23,26-29H,1-13H2/t14-,17-,18+,19-,20?/m1/s1. The van der Waals surface area contributed by atoms with Crippen LogP contribution in [0.3, 0.4) is 0 Å². The molecule has 0 heterocycles. The van der Waals surface area contributed by atoms with Gasteiger partial charge < -0.3 is 45.2 Å². The summed E-state index contributed by atoms with van der Waals surface area (Å²) in [6, 6.07) is 0. The third kappa shape index (κ3) is 14.4. The van der Waals surface area contributed by atoms with Gasteiger partial charge >= 0.3 is 11.9 Å². The third-order valence-corrected chi connectivity index (χ3v) is 4.65. The summed E-state index contributed by atoms with van der Waals surface area (Å²) in [5, 5.41) is 65.0. The molecule has 0 saturated heterocycles. The van der Waals surface area contributed by atoms with Crippen LogP contribution in [0.1, 0.15) is 64.2 Å². The van der Waals surface area contributed by atoms with Crippen LogP contribution >= 0.6 is 0 Å². The first-order valence-corrected chi connectivity index (χ1v) is 10.7. The summed E-state index contributed by atoms with van der Waals surface area (Å²) in [4.78, 5) is 23.3. The number of carbonyl (C=O) groups is 2. The van der Waals surface area contributed by atoms with Crippen LogP contribution in [0.15, 0.2) is 0 Å². The fourth-order valence-corrected chi connectivity index (χ4v) is 2.69. The topological polar surface area (TPSA) is 194 Å². The van der Waals surface area contributed by atoms with Gasteiger partial charge in [-0.2, -0.15) is 0 Å². The second-order valence-corrected chi connectivity index (χ2v) is 7.37. The highest BCUT2D eigenvalue weighted by molar-refractivity contribution is 5.70. The lowest BCUT2D eigenvalue weighted by Gasteiger charge is -2.28. The number of aliphatic hydroxyl groups is 7. The van der Waals surface area contributed by atoms with Crippen molar-refractivity contribution in [2.45, 2.75) is 94.9 Å². The van der Waals surface area contributed by atoms with Gasteiger partial charge in [0.15, 0.2) is 0 Å². The fraction of sp³-hybridized carbons (Fsp3) is 0.900. The van der Waals surface area contributed by atoms with Crippen molar-refractivity contribution in [3.63, 3.8) is 0 Å². The molecule has 0 aromatic heterocycles. The Bertz CT molecular complexity index is 474. The summed E-state index contributed by atoms with van der Waals surface area (Å²) >= 11 is 0. The maximum atomic E-state index is 11.7. The first-order chi connectivity index (χ1) is 14.7. The molecule has 0 bridgehead atoms. The SMILES string of the molecule is O=C(CCCCC(=O)OC(O)[C@H](O)[C@@H](O)[C@H](O)[C@H](O)CO)OCCCCCCCCO. The van der Waals surface area contributed by atoms with Crippen molar-refractivity contribution in [1.29, 1.82) is 0 Å². The van der Waals surface area contributed by atoms with Gasteiger partial charge in [0.25, 0.3) is 0 Å². The Balaban J connectivity index is 3.85. The normalized spacial score (nSPS) is 16.2. The maximum absolute atomic E-state index is 11.7. The number of hydrogen-bond acceptors (Lipinski definition) is 11. The largest absolute Gasteiger partial charge is 0.466 e. The van der Waals surface area contributed by atoms with Crippen molar-refractivity contribution in [2.75, 3.05) is 19.8 Å². The van der Waals surface area contributed by atoms with Gasteiger partial charge in [0.05, 0.1) is 13.2 Å². The molecular weight excluding hydrogens is 416 g/mol. The molecule has 7 N–H and O–H groups in total. The summed E-state index contributed by atoms with van der Waals surface area (Å²) in [7, 11) is 0. The molecule has 0 aliphatic heterocycles. The molecule has 0 aliphatic carbocycles. The lowest BCUT2D eigenvalue weighted by atomic mass is 10.0. The van der Waals surface area contributed by atoms with Crippen LogP contribution in [-0.4, -0.2) is 98.2 Å². The zero-order valence-corrected chi connectivity index (χ0v) is 17.8. The van der Waals surface area contributed by atoms with E-state index < -0.39 is 43.3 Å². The molecule has 0 aromatic carbocycles. The van der Waals surface area contributed by atoms with Gasteiger partial charge in [0, 0.05) is 19.4 Å². The summed E-state index contributed by atoms with van der Waals surface area (Å²) in [5.41, 5.74) is 0. The number of ether oxygens (including phenoxy) is 2. The highest BCUT2D eigenvalue weighted by atomic mass is 16.6. The van der Waals surface area contributed by atoms with Crippen molar-refractivity contribution in [3.8, 4) is 0 Å². The molecule has 0 amide bonds. The van der Waals surface area contributed by atoms with Gasteiger partial charge in [-0.15, -0.1) is 0 Å². The predicted octanol–water partition coefficient (Wildman–Crippen LogP) is -1.28. The van der Waals surface area contributed by atoms with Gasteiger partial charge in [-0.05, 0) is 25.7 Å². The van der Waals surface area contributed by atoms with E-state index in [1.165, 1.54) is 0 Å². The number of esters is 2. The van der Waals surface area contributed by atoms with E-state index in [-0.39, 0.29) is 31.8 Å². The van der Waals surface area contributed by atoms with E-state index in [9.17, 15) is 35.1 Å². The van der Waals surface area contributed by atoms with Gasteiger partial charge in [0.2, 0.25) is 6.29 Å². The Morgan fingerprint density at radius 1 is 0.645 bits per heavy atom. The maximum Gasteiger partial charge on any atom is 0.308 e. The number of unbranched alkanes of at least 4 members (excludes halogenated alkanes) is 6. The second kappa shape index (κ2) is 18.3. The minimum atomic E-state index is -2.14. The lowest BCUT2D eigenvalue weighted by Crippen LogP contribution is -2.50. The highest BCUT2D eigenvalue weighted by Crippen LogP contribution is 2.11. The van der Waals surface area contributed by atoms with Crippen LogP contribution in [0.2, 0.25) is 0 Å². The summed E-state index contributed by atoms with van der Waals surface area (Å²) in [5.74, 6) is -1.26. The first kappa shape index (κ1) is 29.7. The van der Waals surface area contributed by atoms with Crippen LogP contribution in [0, 0.1) is 0 Å². The van der Waals surface area contributed by atoms with E-state index in [0.29, 0.717) is 13.0 Å². The zero-order valence-electron chi connectivity index (χ0n) is 17.8. The molecule has 31 heavy (non-hydrogen) atoms. The summed E-state index contributed by atoms with van der Waals surface area (Å²) < 4.78 is 9.64. The van der Waals surface area contributed by atoms with Gasteiger partial charge in [-0.3, -0.25) is 9.59 Å². The number of carbonyl (C=O) groups excluding carboxylic acids is 2. The number of hydrogen-bond donors (Lipinski definition) is 7. The molecule has 0 saturated carbocycles. The Morgan fingerprint density at radius 2 is 1.19 bits per heavy atom. The smallest absolute Gasteiger partial charge is 0.308 e. The van der Waals surface area contributed by atoms with Crippen molar-refractivity contribution in [3.05, 3.63) is 0 Å². The molecule has 1 unspecified atom stereocenters. The molecule has 184 valence electrons. The predicted molar refractivity (Wildman–Crippen MR) is 107 cm³/mol. The molecule has 11 nitrogen and oxygen atoms in total. The number of rotatable bonds is 19. The molecule has 0 aliphatic rings. The first-order valence-electron chi connectivity index (χ1n) is 10.7. The minimum Gasteiger partial charge on any atom is -0.466 e. The molecule has 0 aromatic rings. The van der Waals surface area contributed by atoms with Gasteiger partial charge in [0.1, 0.15) is 24.4 Å². The van der Waals surface area contributed by atoms with Crippen molar-refractivity contribution in [1.82, 2.24) is 0 Å². The summed E-state index contributed by atoms with van der Waals surface area (Å²) in [6.45, 7) is -0.333. The Labute approximate surface area is 182 Å². The van der Waals surface area contributed by atoms with Gasteiger partial charge in [-0.25, -0.2) is 0 Å². The van der Waals surface area contributed by atoms with Crippen LogP contribution in [0.5, 0.6) is 0 Å². The molecule has 0 spiro atoms. The van der Waals surface area contributed by atoms with Crippen LogP contribution in [-0.2, 0) is 19.1 Å². The van der Waals surface area contributed by atoms with E-state index in [1.807, 2.05) is 0 Å². The molecule has 0 rings (SSSR count). The molecular formula is C20H38O11. The van der Waals surface area contributed by atoms with Crippen LogP contribution in [0.4, 0.5) is 0 Å². The third-order valence-electron chi connectivity index (χ3n) is 4.65. The van der Waals surface area contributed by atoms with E-state index in [0.717, 1.165) is 38.5 Å². The van der Waals surface area contributed by atoms with Crippen molar-refractivity contribution in [2.24, 2.45) is 0 Å².